The van der Waals surface area contributed by atoms with Gasteiger partial charge in [0.2, 0.25) is 11.6 Å². The molecule has 0 aromatic heterocycles. The first-order valence-corrected chi connectivity index (χ1v) is 42.1. The molecular formula is C79H98N6O26S4. The highest BCUT2D eigenvalue weighted by molar-refractivity contribution is 7.86. The minimum atomic E-state index is -4.40. The highest BCUT2D eigenvalue weighted by Crippen LogP contribution is 2.48. The first-order valence-electron chi connectivity index (χ1n) is 36.9. The second-order valence-electron chi connectivity index (χ2n) is 28.7. The first-order chi connectivity index (χ1) is 54.1. The first kappa shape index (κ1) is 96.7. The van der Waals surface area contributed by atoms with Gasteiger partial charge in [-0.25, -0.2) is 18.0 Å². The van der Waals surface area contributed by atoms with E-state index in [2.05, 4.69) is 89.6 Å². The molecule has 36 heteroatoms. The molecule has 0 radical (unpaired) electrons. The van der Waals surface area contributed by atoms with E-state index in [4.69, 9.17) is 50.1 Å². The van der Waals surface area contributed by atoms with Gasteiger partial charge in [0.15, 0.2) is 11.5 Å². The largest absolute Gasteiger partial charge is 0.748 e. The number of ketones is 3. The lowest BCUT2D eigenvalue weighted by atomic mass is 9.81. The lowest BCUT2D eigenvalue weighted by Gasteiger charge is -2.28. The number of ether oxygens (including phenoxy) is 1. The molecule has 1 aliphatic carbocycles. The zero-order valence-corrected chi connectivity index (χ0v) is 67.7. The number of urea groups is 1. The number of para-hydroxylation sites is 2. The van der Waals surface area contributed by atoms with E-state index in [0.717, 1.165) is 57.0 Å². The summed E-state index contributed by atoms with van der Waals surface area (Å²) in [4.78, 5) is 120. The maximum absolute atomic E-state index is 14.3. The Morgan fingerprint density at radius 3 is 1.83 bits per heavy atom. The number of nitrogens with zero attached hydrogens (tertiary/aromatic N) is 2. The van der Waals surface area contributed by atoms with E-state index in [1.165, 1.54) is 0 Å². The molecule has 32 nitrogen and oxygen atoms in total. The topological polar surface area (TPSA) is 521 Å². The maximum atomic E-state index is 14.3. The number of benzene rings is 4. The van der Waals surface area contributed by atoms with Crippen molar-refractivity contribution in [3.8, 4) is 5.75 Å². The molecule has 3 aliphatic rings. The van der Waals surface area contributed by atoms with E-state index in [-0.39, 0.29) is 94.0 Å². The number of fused-ring (bicyclic) bond motifs is 2. The highest BCUT2D eigenvalue weighted by Gasteiger charge is 2.44. The van der Waals surface area contributed by atoms with Gasteiger partial charge in [-0.15, -0.1) is 25.3 Å². The Labute approximate surface area is 670 Å². The van der Waals surface area contributed by atoms with Crippen molar-refractivity contribution in [2.45, 2.75) is 198 Å². The number of allylic oxidation sites excluding steroid dienone is 7. The van der Waals surface area contributed by atoms with Crippen LogP contribution in [0.15, 0.2) is 150 Å². The van der Waals surface area contributed by atoms with Crippen LogP contribution >= 0.6 is 0 Å². The van der Waals surface area contributed by atoms with Crippen LogP contribution in [0, 0.1) is 11.3 Å². The van der Waals surface area contributed by atoms with Crippen molar-refractivity contribution in [2.75, 3.05) is 29.5 Å². The summed E-state index contributed by atoms with van der Waals surface area (Å²) in [6, 6.07) is 28.3. The van der Waals surface area contributed by atoms with E-state index in [1.807, 2.05) is 42.5 Å². The molecule has 624 valence electrons. The lowest BCUT2D eigenvalue weighted by Crippen LogP contribution is -2.48. The van der Waals surface area contributed by atoms with E-state index in [9.17, 15) is 74.5 Å². The number of carboxylic acids is 3. The van der Waals surface area contributed by atoms with Gasteiger partial charge in [-0.05, 0) is 156 Å². The smallest absolute Gasteiger partial charge is 0.425 e. The number of nitrogens with one attached hydrogen (secondary N) is 4. The van der Waals surface area contributed by atoms with Gasteiger partial charge in [0, 0.05) is 110 Å². The molecule has 4 aromatic rings. The van der Waals surface area contributed by atoms with Crippen LogP contribution in [0.2, 0.25) is 0 Å². The van der Waals surface area contributed by atoms with Gasteiger partial charge in [-0.3, -0.25) is 33.3 Å². The molecule has 3 amide bonds. The molecule has 4 atom stereocenters. The summed E-state index contributed by atoms with van der Waals surface area (Å²) in [6.45, 7) is 11.1. The molecule has 0 unspecified atom stereocenters. The van der Waals surface area contributed by atoms with E-state index < -0.39 is 136 Å². The van der Waals surface area contributed by atoms with Crippen LogP contribution in [-0.2, 0) is 108 Å². The second-order valence-corrected chi connectivity index (χ2v) is 32.6. The molecule has 115 heavy (non-hydrogen) atoms. The van der Waals surface area contributed by atoms with Crippen molar-refractivity contribution in [1.82, 2.24) is 16.0 Å². The summed E-state index contributed by atoms with van der Waals surface area (Å²) in [5.74, 6) is -6.32. The summed E-state index contributed by atoms with van der Waals surface area (Å²) in [6.07, 6.45) is 11.5. The standard InChI is InChI=1S/C78H98N6O18S2.CO2.2O3S/c1-52(31-42-72(89)90)80-76(95)82-64(75(93)94)39-36-60(86)51-58(79)50-59(85)25-10-7-11-30-71(88)81-65(48-53-21-8-6-9-22-53)68(87)49-57(74(91)92)47-54-32-37-61(38-33-54)102-73-55(34-40-69-77(2,3)62-26-12-14-28-66(62)83(69)43-16-18-45-103(96,97)98)23-20-24-56(73)35-41-70-78(4,5)63-27-13-15-29-67(63)84(70)44-17-19-46-104(99,100)101;2-1-3;2*1-4(2)3/h6,8-9,12-15,21-22,26-29,32-35,37-38,40-41,52,57,64-65,79H,7,10-11,16-20,23-25,30-31,36,39,42-51H2,1-5H3,(H7-,80,81,82,88,89,90,91,92,93,94,95,96,97,98,99,100,101);;;/t52-,57-,64+,65+;;;/m1.../s1. The molecule has 4 aromatic carbocycles. The van der Waals surface area contributed by atoms with Crippen LogP contribution in [0.1, 0.15) is 179 Å². The van der Waals surface area contributed by atoms with Gasteiger partial charge in [-0.2, -0.15) is 22.6 Å². The Bertz CT molecular complexity index is 4780. The molecule has 7 rings (SSSR count). The summed E-state index contributed by atoms with van der Waals surface area (Å²) >= 11 is 0. The number of Topliss-reactive ketones (excluding diaryl/α,β-unsaturated/α-hetero) is 3. The van der Waals surface area contributed by atoms with Crippen LogP contribution in [0.3, 0.4) is 0 Å². The van der Waals surface area contributed by atoms with E-state index >= 15 is 0 Å². The fourth-order valence-corrected chi connectivity index (χ4v) is 14.7. The Morgan fingerprint density at radius 1 is 0.643 bits per heavy atom. The Morgan fingerprint density at radius 2 is 1.23 bits per heavy atom. The van der Waals surface area contributed by atoms with E-state index in [1.54, 1.807) is 55.5 Å². The minimum absolute atomic E-state index is 0.00176. The average Bonchev–Trinajstić information content (AvgIpc) is 1.60. The van der Waals surface area contributed by atoms with Crippen LogP contribution < -0.4 is 25.6 Å². The number of hydrogen-bond donors (Lipinski definition) is 8. The molecule has 0 fully saturated rings. The third-order valence-electron chi connectivity index (χ3n) is 19.1. The number of amides is 3. The molecule has 0 saturated carbocycles. The Balaban J connectivity index is 0.00000238. The van der Waals surface area contributed by atoms with Crippen molar-refractivity contribution >= 4 is 118 Å². The Hall–Kier alpha value is -10.6. The SMILES string of the molecule is C[C@H](CCC(=O)O)NC(=O)N[C@@H](CCC(=O)CC(=N)CC(=O)CCCCCC(=O)N[C@@H](Cc1ccccc1)C(=O)C[C@@H](Cc1ccc(OC2=C(C=CC3=[N+](CCCCS(=O)(=O)O)c4ccccc4C3(C)C)CCCC2=CC=C2N(CCCCS(=O)(=O)[O-])c3ccccc3C2(C)C)cc1)C(=O)O)C(=O)O.O=C=O.O=S(=O)=O.O=S(=O)=O. The van der Waals surface area contributed by atoms with Gasteiger partial charge in [-0.1, -0.05) is 105 Å². The van der Waals surface area contributed by atoms with Crippen molar-refractivity contribution in [3.63, 3.8) is 0 Å². The average molecular weight is 1680 g/mol. The zero-order chi connectivity index (χ0) is 85.8. The quantitative estimate of drug-likeness (QED) is 0.00888. The fourth-order valence-electron chi connectivity index (χ4n) is 13.6. The Kier molecular flexibility index (Phi) is 39.8. The summed E-state index contributed by atoms with van der Waals surface area (Å²) in [5.41, 5.74) is 8.16. The van der Waals surface area contributed by atoms with Gasteiger partial charge in [0.25, 0.3) is 10.1 Å². The van der Waals surface area contributed by atoms with Gasteiger partial charge < -0.3 is 50.9 Å². The minimum Gasteiger partial charge on any atom is -0.748 e. The monoisotopic (exact) mass is 1670 g/mol. The predicted molar refractivity (Wildman–Crippen MR) is 418 cm³/mol. The van der Waals surface area contributed by atoms with Crippen LogP contribution in [-0.4, -0.2) is 179 Å². The van der Waals surface area contributed by atoms with Gasteiger partial charge in [0.1, 0.15) is 35.7 Å². The number of hydrogen-bond acceptors (Lipinski definition) is 24. The number of carbonyl (C=O) groups excluding carboxylic acids is 7. The molecule has 0 saturated heterocycles. The highest BCUT2D eigenvalue weighted by atomic mass is 32.2. The molecule has 8 N–H and O–H groups in total. The fraction of sp³-hybridized carbons (Fsp3) is 0.456. The van der Waals surface area contributed by atoms with Crippen molar-refractivity contribution in [1.29, 1.82) is 5.41 Å². The van der Waals surface area contributed by atoms with E-state index in [0.29, 0.717) is 75.1 Å². The molecule has 0 spiro atoms. The van der Waals surface area contributed by atoms with Gasteiger partial charge >= 0.3 is 51.3 Å². The molecule has 2 aliphatic heterocycles. The number of carbonyl (C=O) groups is 8. The molecule has 2 heterocycles. The lowest BCUT2D eigenvalue weighted by molar-refractivity contribution is -0.438. The summed E-state index contributed by atoms with van der Waals surface area (Å²) < 4.78 is 128. The summed E-state index contributed by atoms with van der Waals surface area (Å²) in [5, 5.41) is 44.9. The van der Waals surface area contributed by atoms with Crippen molar-refractivity contribution in [2.24, 2.45) is 5.92 Å². The van der Waals surface area contributed by atoms with Crippen molar-refractivity contribution < 1.29 is 124 Å². The van der Waals surface area contributed by atoms with Crippen molar-refractivity contribution in [3.05, 3.63) is 172 Å². The number of aliphatic carboxylic acids is 3. The normalized spacial score (nSPS) is 15.6. The number of rotatable bonds is 43. The third kappa shape index (κ3) is 34.5. The van der Waals surface area contributed by atoms with Gasteiger partial charge in [0.05, 0.1) is 33.2 Å². The summed E-state index contributed by atoms with van der Waals surface area (Å²) in [7, 11) is -14.8. The van der Waals surface area contributed by atoms with Crippen LogP contribution in [0.4, 0.5) is 16.2 Å². The number of unbranched alkanes of at least 4 members (excludes halogenated alkanes) is 4. The maximum Gasteiger partial charge on any atom is 0.425 e. The van der Waals surface area contributed by atoms with Crippen LogP contribution in [0.5, 0.6) is 5.75 Å². The number of carboxylic acid groups (broad SMARTS) is 3. The number of anilines is 1. The van der Waals surface area contributed by atoms with Crippen LogP contribution in [0.25, 0.3) is 0 Å². The molecule has 0 bridgehead atoms. The zero-order valence-electron chi connectivity index (χ0n) is 64.4. The predicted octanol–water partition coefficient (Wildman–Crippen LogP) is 8.75. The second kappa shape index (κ2) is 47.3. The molecular weight excluding hydrogens is 1580 g/mol. The third-order valence-corrected chi connectivity index (χ3v) is 20.7.